The van der Waals surface area contributed by atoms with Gasteiger partial charge in [-0.25, -0.2) is 9.78 Å². The molecule has 0 N–H and O–H groups in total. The molecule has 0 amide bonds. The normalized spacial score (nSPS) is 11.6. The molecule has 0 aliphatic heterocycles. The van der Waals surface area contributed by atoms with Crippen molar-refractivity contribution in [3.8, 4) is 16.9 Å². The molecule has 0 unspecified atom stereocenters. The van der Waals surface area contributed by atoms with E-state index in [1.807, 2.05) is 77.0 Å². The fraction of sp³-hybridized carbons (Fsp3) is 0.174. The van der Waals surface area contributed by atoms with Crippen molar-refractivity contribution < 1.29 is 0 Å². The number of para-hydroxylation sites is 1. The van der Waals surface area contributed by atoms with Crippen LogP contribution < -0.4 is 5.69 Å². The monoisotopic (exact) mass is 383 g/mol. The molecule has 6 nitrogen and oxygen atoms in total. The van der Waals surface area contributed by atoms with Crippen molar-refractivity contribution in [1.29, 1.82) is 0 Å². The zero-order chi connectivity index (χ0) is 20.1. The minimum Gasteiger partial charge on any atom is -0.303 e. The summed E-state index contributed by atoms with van der Waals surface area (Å²) in [4.78, 5) is 22.0. The zero-order valence-corrected chi connectivity index (χ0v) is 16.6. The second-order valence-electron chi connectivity index (χ2n) is 7.27. The van der Waals surface area contributed by atoms with E-state index in [1.165, 1.54) is 0 Å². The van der Waals surface area contributed by atoms with Crippen molar-refractivity contribution in [3.05, 3.63) is 82.9 Å². The SMILES string of the molecule is CCn1c(=O)n(-c2ccc(-c3nccn4cncc34)cc2C)c2c(C)cccc21. The van der Waals surface area contributed by atoms with Gasteiger partial charge in [-0.15, -0.1) is 0 Å². The van der Waals surface area contributed by atoms with Crippen molar-refractivity contribution in [3.63, 3.8) is 0 Å². The van der Waals surface area contributed by atoms with E-state index in [0.29, 0.717) is 6.54 Å². The maximum atomic E-state index is 13.2. The van der Waals surface area contributed by atoms with E-state index in [1.54, 1.807) is 12.5 Å². The average molecular weight is 383 g/mol. The lowest BCUT2D eigenvalue weighted by molar-refractivity contribution is 0.733. The quantitative estimate of drug-likeness (QED) is 0.470. The van der Waals surface area contributed by atoms with Crippen LogP contribution in [0.25, 0.3) is 33.5 Å². The molecule has 0 spiro atoms. The van der Waals surface area contributed by atoms with E-state index in [2.05, 4.69) is 16.0 Å². The Morgan fingerprint density at radius 1 is 1.03 bits per heavy atom. The summed E-state index contributed by atoms with van der Waals surface area (Å²) < 4.78 is 5.61. The predicted octanol–water partition coefficient (Wildman–Crippen LogP) is 4.14. The summed E-state index contributed by atoms with van der Waals surface area (Å²) in [6.07, 6.45) is 7.24. The molecule has 0 saturated carbocycles. The van der Waals surface area contributed by atoms with Crippen LogP contribution in [0, 0.1) is 13.8 Å². The van der Waals surface area contributed by atoms with Crippen molar-refractivity contribution in [1.82, 2.24) is 23.5 Å². The third-order valence-corrected chi connectivity index (χ3v) is 5.52. The summed E-state index contributed by atoms with van der Waals surface area (Å²) in [5.74, 6) is 0. The minimum absolute atomic E-state index is 0.0105. The largest absolute Gasteiger partial charge is 0.333 e. The first-order valence-corrected chi connectivity index (χ1v) is 9.69. The van der Waals surface area contributed by atoms with Crippen LogP contribution in [0.15, 0.2) is 66.1 Å². The molecule has 0 radical (unpaired) electrons. The van der Waals surface area contributed by atoms with Crippen LogP contribution in [0.1, 0.15) is 18.1 Å². The zero-order valence-electron chi connectivity index (χ0n) is 16.6. The first-order chi connectivity index (χ1) is 14.1. The average Bonchev–Trinajstić information content (AvgIpc) is 3.30. The predicted molar refractivity (Wildman–Crippen MR) is 115 cm³/mol. The van der Waals surface area contributed by atoms with Gasteiger partial charge in [-0.05, 0) is 50.1 Å². The first-order valence-electron chi connectivity index (χ1n) is 9.69. The Kier molecular flexibility index (Phi) is 3.87. The Bertz CT molecular complexity index is 1440. The van der Waals surface area contributed by atoms with Gasteiger partial charge in [0.1, 0.15) is 0 Å². The van der Waals surface area contributed by atoms with Crippen molar-refractivity contribution in [2.24, 2.45) is 0 Å². The Morgan fingerprint density at radius 2 is 1.90 bits per heavy atom. The number of aryl methyl sites for hydroxylation is 3. The van der Waals surface area contributed by atoms with Gasteiger partial charge in [0.05, 0.1) is 40.5 Å². The van der Waals surface area contributed by atoms with Crippen molar-refractivity contribution in [2.45, 2.75) is 27.3 Å². The van der Waals surface area contributed by atoms with Crippen LogP contribution in [-0.2, 0) is 6.54 Å². The highest BCUT2D eigenvalue weighted by molar-refractivity contribution is 5.83. The van der Waals surface area contributed by atoms with Crippen LogP contribution in [0.4, 0.5) is 0 Å². The number of rotatable bonds is 3. The minimum atomic E-state index is -0.0105. The van der Waals surface area contributed by atoms with Gasteiger partial charge in [0.25, 0.3) is 0 Å². The molecular weight excluding hydrogens is 362 g/mol. The van der Waals surface area contributed by atoms with Crippen LogP contribution in [-0.4, -0.2) is 23.5 Å². The van der Waals surface area contributed by atoms with Gasteiger partial charge in [0.15, 0.2) is 0 Å². The summed E-state index contributed by atoms with van der Waals surface area (Å²) in [7, 11) is 0. The Morgan fingerprint density at radius 3 is 2.69 bits per heavy atom. The molecule has 6 heteroatoms. The molecule has 0 bridgehead atoms. The lowest BCUT2D eigenvalue weighted by atomic mass is 10.1. The highest BCUT2D eigenvalue weighted by Crippen LogP contribution is 2.28. The molecule has 5 aromatic rings. The molecule has 0 aliphatic rings. The first kappa shape index (κ1) is 17.4. The van der Waals surface area contributed by atoms with E-state index in [-0.39, 0.29) is 5.69 Å². The van der Waals surface area contributed by atoms with Gasteiger partial charge in [-0.1, -0.05) is 18.2 Å². The van der Waals surface area contributed by atoms with Crippen LogP contribution >= 0.6 is 0 Å². The second-order valence-corrected chi connectivity index (χ2v) is 7.27. The van der Waals surface area contributed by atoms with E-state index in [4.69, 9.17) is 0 Å². The maximum Gasteiger partial charge on any atom is 0.333 e. The number of imidazole rings is 2. The summed E-state index contributed by atoms with van der Waals surface area (Å²) >= 11 is 0. The van der Waals surface area contributed by atoms with Gasteiger partial charge in [-0.3, -0.25) is 14.1 Å². The van der Waals surface area contributed by atoms with E-state index in [0.717, 1.165) is 44.6 Å². The molecule has 3 aromatic heterocycles. The van der Waals surface area contributed by atoms with Crippen molar-refractivity contribution in [2.75, 3.05) is 0 Å². The van der Waals surface area contributed by atoms with Gasteiger partial charge in [0.2, 0.25) is 0 Å². The number of hydrogen-bond donors (Lipinski definition) is 0. The van der Waals surface area contributed by atoms with Gasteiger partial charge >= 0.3 is 5.69 Å². The lowest BCUT2D eigenvalue weighted by Gasteiger charge is -2.11. The molecule has 144 valence electrons. The number of fused-ring (bicyclic) bond motifs is 2. The third kappa shape index (κ3) is 2.52. The van der Waals surface area contributed by atoms with Crippen LogP contribution in [0.5, 0.6) is 0 Å². The lowest BCUT2D eigenvalue weighted by Crippen LogP contribution is -2.23. The Balaban J connectivity index is 1.75. The Hall–Kier alpha value is -3.67. The molecule has 2 aromatic carbocycles. The van der Waals surface area contributed by atoms with E-state index >= 15 is 0 Å². The fourth-order valence-electron chi connectivity index (χ4n) is 4.13. The van der Waals surface area contributed by atoms with Crippen LogP contribution in [0.2, 0.25) is 0 Å². The highest BCUT2D eigenvalue weighted by Gasteiger charge is 2.17. The number of aromatic nitrogens is 5. The van der Waals surface area contributed by atoms with Gasteiger partial charge in [0, 0.05) is 24.5 Å². The number of nitrogens with zero attached hydrogens (tertiary/aromatic N) is 5. The fourth-order valence-corrected chi connectivity index (χ4v) is 4.13. The molecule has 0 atom stereocenters. The second kappa shape index (κ2) is 6.44. The molecule has 29 heavy (non-hydrogen) atoms. The summed E-state index contributed by atoms with van der Waals surface area (Å²) in [6, 6.07) is 12.2. The van der Waals surface area contributed by atoms with Gasteiger partial charge < -0.3 is 4.40 Å². The molecule has 5 rings (SSSR count). The van der Waals surface area contributed by atoms with E-state index in [9.17, 15) is 4.79 Å². The Labute approximate surface area is 167 Å². The maximum absolute atomic E-state index is 13.2. The van der Waals surface area contributed by atoms with Crippen molar-refractivity contribution >= 4 is 16.6 Å². The highest BCUT2D eigenvalue weighted by atomic mass is 16.1. The summed E-state index contributed by atoms with van der Waals surface area (Å²) in [5.41, 5.74) is 7.75. The topological polar surface area (TPSA) is 57.1 Å². The summed E-state index contributed by atoms with van der Waals surface area (Å²) in [6.45, 7) is 6.72. The number of benzene rings is 2. The van der Waals surface area contributed by atoms with Crippen LogP contribution in [0.3, 0.4) is 0 Å². The molecule has 3 heterocycles. The third-order valence-electron chi connectivity index (χ3n) is 5.52. The smallest absolute Gasteiger partial charge is 0.303 e. The summed E-state index contributed by atoms with van der Waals surface area (Å²) in [5, 5.41) is 0. The standard InChI is InChI=1S/C23H21N5O/c1-4-27-19-7-5-6-15(2)22(19)28(23(27)29)18-9-8-17(12-16(18)3)21-20-13-24-14-26(20)11-10-25-21/h5-14H,4H2,1-3H3. The number of hydrogen-bond acceptors (Lipinski definition) is 3. The van der Waals surface area contributed by atoms with E-state index < -0.39 is 0 Å². The molecule has 0 saturated heterocycles. The molecule has 0 fully saturated rings. The van der Waals surface area contributed by atoms with Gasteiger partial charge in [-0.2, -0.15) is 0 Å². The molecular formula is C23H21N5O. The molecule has 0 aliphatic carbocycles.